The molecule has 282 valence electrons. The monoisotopic (exact) mass is 796 g/mol. The summed E-state index contributed by atoms with van der Waals surface area (Å²) < 4.78 is 111. The molecule has 0 radical (unpaired) electrons. The second-order valence-corrected chi connectivity index (χ2v) is 13.1. The first-order valence-electron chi connectivity index (χ1n) is 14.9. The molecule has 0 saturated heterocycles. The van der Waals surface area contributed by atoms with Gasteiger partial charge in [-0.1, -0.05) is 11.8 Å². The average molecular weight is 797 g/mol. The predicted molar refractivity (Wildman–Crippen MR) is 182 cm³/mol. The number of carbonyl (C=O) groups is 3. The molecule has 2 amide bonds. The van der Waals surface area contributed by atoms with Gasteiger partial charge < -0.3 is 36.1 Å². The topological polar surface area (TPSA) is 176 Å². The van der Waals surface area contributed by atoms with Crippen LogP contribution in [0.4, 0.5) is 30.7 Å². The summed E-state index contributed by atoms with van der Waals surface area (Å²) in [6.45, 7) is -1.00. The average Bonchev–Trinajstić information content (AvgIpc) is 3.75. The van der Waals surface area contributed by atoms with Gasteiger partial charge >= 0.3 is 12.3 Å². The number of nitrogens with one attached hydrogen (secondary N) is 1. The summed E-state index contributed by atoms with van der Waals surface area (Å²) in [5, 5.41) is 13.2. The second-order valence-electron chi connectivity index (χ2n) is 11.0. The number of amides is 2. The van der Waals surface area contributed by atoms with Gasteiger partial charge in [-0.15, -0.1) is 24.5 Å². The van der Waals surface area contributed by atoms with E-state index in [-0.39, 0.29) is 0 Å². The summed E-state index contributed by atoms with van der Waals surface area (Å²) in [4.78, 5) is 36.1. The molecule has 11 nitrogen and oxygen atoms in total. The molecule has 5 aromatic rings. The summed E-state index contributed by atoms with van der Waals surface area (Å²) in [7, 11) is 0. The Kier molecular flexibility index (Phi) is 11.6. The fraction of sp³-hybridized carbons (Fsp3) is 0.118. The van der Waals surface area contributed by atoms with Crippen molar-refractivity contribution in [3.05, 3.63) is 123 Å². The normalized spacial score (nSPS) is 13.3. The lowest BCUT2D eigenvalue weighted by atomic mass is 10.1. The molecule has 0 aliphatic carbocycles. The molecule has 6 N–H and O–H groups in total. The molecular weight excluding hydrogens is 774 g/mol. The number of hydrogen-bond acceptors (Lipinski definition) is 10. The Morgan fingerprint density at radius 3 is 1.87 bits per heavy atom. The number of carboxylic acid groups (broad SMARTS) is 1. The molecule has 0 spiro atoms. The van der Waals surface area contributed by atoms with E-state index in [9.17, 15) is 45.1 Å². The van der Waals surface area contributed by atoms with Gasteiger partial charge in [0, 0.05) is 5.70 Å². The highest BCUT2D eigenvalue weighted by Gasteiger charge is 2.39. The van der Waals surface area contributed by atoms with Crippen molar-refractivity contribution < 1.29 is 64.4 Å². The maximum atomic E-state index is 14.8. The van der Waals surface area contributed by atoms with E-state index in [1.807, 2.05) is 0 Å². The van der Waals surface area contributed by atoms with E-state index in [0.29, 0.717) is 16.8 Å². The van der Waals surface area contributed by atoms with Crippen molar-refractivity contribution in [3.63, 3.8) is 0 Å². The number of primary amides is 2. The van der Waals surface area contributed by atoms with Gasteiger partial charge in [-0.05, 0) is 77.7 Å². The number of halogens is 7. The van der Waals surface area contributed by atoms with Crippen LogP contribution in [0, 0.1) is 23.3 Å². The fourth-order valence-corrected chi connectivity index (χ4v) is 6.43. The highest BCUT2D eigenvalue weighted by molar-refractivity contribution is 8.04. The quantitative estimate of drug-likeness (QED) is 0.104. The van der Waals surface area contributed by atoms with E-state index >= 15 is 0 Å². The van der Waals surface area contributed by atoms with Gasteiger partial charge in [0.15, 0.2) is 28.0 Å². The van der Waals surface area contributed by atoms with Gasteiger partial charge in [0.2, 0.25) is 0 Å². The van der Waals surface area contributed by atoms with Gasteiger partial charge in [-0.3, -0.25) is 9.59 Å². The van der Waals surface area contributed by atoms with Crippen molar-refractivity contribution in [3.8, 4) is 17.2 Å². The molecule has 0 atom stereocenters. The minimum Gasteiger partial charge on any atom is -0.487 e. The Labute approximate surface area is 307 Å². The molecule has 0 fully saturated rings. The van der Waals surface area contributed by atoms with Crippen LogP contribution in [0.25, 0.3) is 15.9 Å². The molecule has 1 aliphatic heterocycles. The first kappa shape index (κ1) is 39.2. The van der Waals surface area contributed by atoms with Crippen LogP contribution in [0.2, 0.25) is 0 Å². The van der Waals surface area contributed by atoms with E-state index in [4.69, 9.17) is 26.0 Å². The van der Waals surface area contributed by atoms with Gasteiger partial charge in [0.25, 0.3) is 11.8 Å². The van der Waals surface area contributed by atoms with Gasteiger partial charge in [-0.2, -0.15) is 0 Å². The number of thiazole rings is 1. The number of aromatic nitrogens is 1. The molecule has 1 aromatic heterocycles. The number of rotatable bonds is 11. The lowest BCUT2D eigenvalue weighted by Gasteiger charge is -2.30. The number of ether oxygens (including phenoxy) is 3. The Morgan fingerprint density at radius 1 is 0.815 bits per heavy atom. The number of benzene rings is 4. The number of fused-ring (bicyclic) bond motifs is 1. The number of nitrogens with zero attached hydrogens (tertiary/aromatic N) is 1. The zero-order valence-electron chi connectivity index (χ0n) is 26.9. The highest BCUT2D eigenvalue weighted by atomic mass is 32.2. The number of thioether (sulfide) groups is 1. The smallest absolute Gasteiger partial charge is 0.487 e. The van der Waals surface area contributed by atoms with Crippen molar-refractivity contribution >= 4 is 56.8 Å². The maximum absolute atomic E-state index is 14.8. The lowest BCUT2D eigenvalue weighted by molar-refractivity contribution is -0.274. The molecule has 54 heavy (non-hydrogen) atoms. The summed E-state index contributed by atoms with van der Waals surface area (Å²) >= 11 is 2.42. The van der Waals surface area contributed by atoms with Crippen LogP contribution in [0.15, 0.2) is 77.6 Å². The summed E-state index contributed by atoms with van der Waals surface area (Å²) in [6.07, 6.45) is -4.90. The molecule has 20 heteroatoms. The molecule has 0 saturated carbocycles. The number of carboxylic acids is 1. The summed E-state index contributed by atoms with van der Waals surface area (Å²) in [6, 6.07) is 12.9. The summed E-state index contributed by atoms with van der Waals surface area (Å²) in [5.74, 6) is -10.5. The third-order valence-electron chi connectivity index (χ3n) is 7.27. The standard InChI is InChI=1S/C26H18F7N3O5S.C8H5NO2S/c27-14-5-7-17(21(29)19(14)23(34)37)39-10-25(11-40-18-8-6-15(28)20(22(18)30)24(35)38)36-16(9-42-25)12-1-3-13(4-2-12)41-26(31,32)33;10-8(11)5-1-2-6-7(3-5)12-4-9-6/h1-9,36H,10-11H2,(H2,34,37)(H2,35,38);1-4H,(H,10,11). The molecular formula is C34H23F7N4O7S2. The third kappa shape index (κ3) is 9.12. The van der Waals surface area contributed by atoms with E-state index < -0.39 is 93.9 Å². The maximum Gasteiger partial charge on any atom is 0.573 e. The molecule has 4 aromatic carbocycles. The van der Waals surface area contributed by atoms with Crippen molar-refractivity contribution in [2.45, 2.75) is 11.2 Å². The molecule has 6 rings (SSSR count). The lowest BCUT2D eigenvalue weighted by Crippen LogP contribution is -2.48. The van der Waals surface area contributed by atoms with Crippen LogP contribution in [-0.4, -0.2) is 52.3 Å². The Morgan fingerprint density at radius 2 is 1.37 bits per heavy atom. The molecule has 0 unspecified atom stereocenters. The van der Waals surface area contributed by atoms with Crippen LogP contribution < -0.4 is 31.0 Å². The zero-order valence-corrected chi connectivity index (χ0v) is 28.5. The third-order valence-corrected chi connectivity index (χ3v) is 9.20. The van der Waals surface area contributed by atoms with Gasteiger partial charge in [0.1, 0.15) is 41.7 Å². The van der Waals surface area contributed by atoms with E-state index in [2.05, 4.69) is 15.0 Å². The van der Waals surface area contributed by atoms with Crippen molar-refractivity contribution in [1.29, 1.82) is 0 Å². The van der Waals surface area contributed by atoms with Crippen LogP contribution in [0.3, 0.4) is 0 Å². The minimum atomic E-state index is -4.90. The van der Waals surface area contributed by atoms with E-state index in [0.717, 1.165) is 58.4 Å². The molecule has 2 heterocycles. The summed E-state index contributed by atoms with van der Waals surface area (Å²) in [5.41, 5.74) is 11.5. The van der Waals surface area contributed by atoms with Crippen molar-refractivity contribution in [2.75, 3.05) is 13.2 Å². The predicted octanol–water partition coefficient (Wildman–Crippen LogP) is 6.82. The minimum absolute atomic E-state index is 0.312. The van der Waals surface area contributed by atoms with Crippen LogP contribution in [0.1, 0.15) is 36.6 Å². The number of carbonyl (C=O) groups excluding carboxylic acids is 2. The number of nitrogens with two attached hydrogens (primary N) is 2. The van der Waals surface area contributed by atoms with E-state index in [1.54, 1.807) is 23.7 Å². The largest absolute Gasteiger partial charge is 0.573 e. The zero-order chi connectivity index (χ0) is 39.4. The Hall–Kier alpha value is -6.02. The number of alkyl halides is 3. The van der Waals surface area contributed by atoms with Crippen molar-refractivity contribution in [2.24, 2.45) is 11.5 Å². The van der Waals surface area contributed by atoms with Crippen molar-refractivity contribution in [1.82, 2.24) is 10.3 Å². The Balaban J connectivity index is 0.000000392. The number of hydrogen-bond donors (Lipinski definition) is 4. The fourth-order valence-electron chi connectivity index (χ4n) is 4.75. The van der Waals surface area contributed by atoms with E-state index in [1.165, 1.54) is 28.9 Å². The van der Waals surface area contributed by atoms with Crippen LogP contribution in [0.5, 0.6) is 17.2 Å². The second kappa shape index (κ2) is 15.9. The molecule has 1 aliphatic rings. The number of aromatic carboxylic acids is 1. The Bertz CT molecular complexity index is 2190. The first-order chi connectivity index (χ1) is 25.5. The van der Waals surface area contributed by atoms with Gasteiger partial charge in [-0.25, -0.2) is 27.3 Å². The molecule has 0 bridgehead atoms. The van der Waals surface area contributed by atoms with Crippen LogP contribution in [-0.2, 0) is 0 Å². The van der Waals surface area contributed by atoms with Gasteiger partial charge in [0.05, 0.1) is 21.3 Å². The highest BCUT2D eigenvalue weighted by Crippen LogP contribution is 2.39. The first-order valence-corrected chi connectivity index (χ1v) is 16.6. The SMILES string of the molecule is NC(=O)c1c(F)ccc(OCC2(COc3ccc(F)c(C(N)=O)c3F)NC(c3ccc(OC(F)(F)F)cc3)=CS2)c1F.O=C(O)c1ccc2ncsc2c1. The van der Waals surface area contributed by atoms with Crippen LogP contribution >= 0.6 is 23.1 Å².